The van der Waals surface area contributed by atoms with Crippen LogP contribution in [-0.4, -0.2) is 8.42 Å². The maximum absolute atomic E-state index is 12.5. The maximum Gasteiger partial charge on any atom is 0.184 e. The predicted molar refractivity (Wildman–Crippen MR) is 82.4 cm³/mol. The fourth-order valence-electron chi connectivity index (χ4n) is 2.12. The van der Waals surface area contributed by atoms with E-state index in [1.165, 1.54) is 0 Å². The quantitative estimate of drug-likeness (QED) is 0.883. The van der Waals surface area contributed by atoms with Crippen LogP contribution in [0.5, 0.6) is 0 Å². The van der Waals surface area contributed by atoms with Crippen LogP contribution in [0.25, 0.3) is 0 Å². The summed E-state index contributed by atoms with van der Waals surface area (Å²) in [5, 5.41) is 8.85. The fourth-order valence-corrected chi connectivity index (χ4v) is 3.80. The number of nitrogens with two attached hydrogens (primary N) is 1. The summed E-state index contributed by atoms with van der Waals surface area (Å²) in [6.45, 7) is 3.62. The molecule has 4 nitrogen and oxygen atoms in total. The number of anilines is 1. The summed E-state index contributed by atoms with van der Waals surface area (Å²) in [7, 11) is -3.52. The highest BCUT2D eigenvalue weighted by Crippen LogP contribution is 2.25. The number of aryl methyl sites for hydroxylation is 2. The van der Waals surface area contributed by atoms with Crippen molar-refractivity contribution in [2.45, 2.75) is 24.5 Å². The van der Waals surface area contributed by atoms with Crippen molar-refractivity contribution in [1.82, 2.24) is 0 Å². The van der Waals surface area contributed by atoms with E-state index in [-0.39, 0.29) is 16.3 Å². The molecule has 2 aromatic carbocycles. The number of hydrogen-bond donors (Lipinski definition) is 1. The minimum atomic E-state index is -3.52. The van der Waals surface area contributed by atoms with Gasteiger partial charge in [-0.05, 0) is 54.8 Å². The van der Waals surface area contributed by atoms with Crippen molar-refractivity contribution in [1.29, 1.82) is 5.26 Å². The van der Waals surface area contributed by atoms with Crippen molar-refractivity contribution in [3.05, 3.63) is 58.7 Å². The molecule has 21 heavy (non-hydrogen) atoms. The number of nitrogen functional groups attached to an aromatic ring is 1. The summed E-state index contributed by atoms with van der Waals surface area (Å²) in [4.78, 5) is 0.159. The summed E-state index contributed by atoms with van der Waals surface area (Å²) < 4.78 is 25.1. The normalized spacial score (nSPS) is 11.1. The van der Waals surface area contributed by atoms with Crippen molar-refractivity contribution in [2.75, 3.05) is 5.73 Å². The van der Waals surface area contributed by atoms with E-state index in [4.69, 9.17) is 11.0 Å². The summed E-state index contributed by atoms with van der Waals surface area (Å²) in [5.74, 6) is -0.127. The largest absolute Gasteiger partial charge is 0.398 e. The molecule has 0 radical (unpaired) electrons. The molecule has 0 aliphatic heterocycles. The zero-order chi connectivity index (χ0) is 15.6. The highest BCUT2D eigenvalue weighted by molar-refractivity contribution is 7.90. The molecule has 5 heteroatoms. The molecule has 2 rings (SSSR count). The molecule has 0 atom stereocenters. The molecule has 0 heterocycles. The molecule has 0 amide bonds. The van der Waals surface area contributed by atoms with E-state index in [0.717, 1.165) is 11.1 Å². The zero-order valence-electron chi connectivity index (χ0n) is 11.9. The van der Waals surface area contributed by atoms with Gasteiger partial charge in [-0.25, -0.2) is 8.42 Å². The molecule has 0 saturated carbocycles. The van der Waals surface area contributed by atoms with E-state index in [2.05, 4.69) is 0 Å². The van der Waals surface area contributed by atoms with Crippen LogP contribution in [-0.2, 0) is 15.6 Å². The average molecular weight is 300 g/mol. The first kappa shape index (κ1) is 15.1. The molecule has 0 fully saturated rings. The van der Waals surface area contributed by atoms with E-state index in [9.17, 15) is 8.42 Å². The van der Waals surface area contributed by atoms with Crippen molar-refractivity contribution in [2.24, 2.45) is 0 Å². The van der Waals surface area contributed by atoms with Crippen LogP contribution in [0, 0.1) is 25.2 Å². The highest BCUT2D eigenvalue weighted by atomic mass is 32.2. The lowest BCUT2D eigenvalue weighted by atomic mass is 10.1. The number of nitrogens with zero attached hydrogens (tertiary/aromatic N) is 1. The van der Waals surface area contributed by atoms with Gasteiger partial charge in [0.15, 0.2) is 9.84 Å². The first-order valence-corrected chi connectivity index (χ1v) is 8.07. The highest BCUT2D eigenvalue weighted by Gasteiger charge is 2.19. The Labute approximate surface area is 124 Å². The van der Waals surface area contributed by atoms with Crippen LogP contribution in [0.15, 0.2) is 41.3 Å². The molecular formula is C16H16N2O2S. The van der Waals surface area contributed by atoms with Crippen molar-refractivity contribution < 1.29 is 8.42 Å². The second-order valence-corrected chi connectivity index (χ2v) is 7.01. The molecule has 0 unspecified atom stereocenters. The molecule has 2 N–H and O–H groups in total. The van der Waals surface area contributed by atoms with Gasteiger partial charge in [0.1, 0.15) is 0 Å². The van der Waals surface area contributed by atoms with Gasteiger partial charge in [-0.2, -0.15) is 5.26 Å². The first-order chi connectivity index (χ1) is 9.83. The molecule has 0 aliphatic carbocycles. The van der Waals surface area contributed by atoms with Gasteiger partial charge in [-0.3, -0.25) is 0 Å². The summed E-state index contributed by atoms with van der Waals surface area (Å²) >= 11 is 0. The van der Waals surface area contributed by atoms with E-state index in [1.54, 1.807) is 43.3 Å². The van der Waals surface area contributed by atoms with Crippen LogP contribution in [0.4, 0.5) is 5.69 Å². The maximum atomic E-state index is 12.5. The van der Waals surface area contributed by atoms with Gasteiger partial charge in [0.25, 0.3) is 0 Å². The van der Waals surface area contributed by atoms with Gasteiger partial charge in [-0.15, -0.1) is 0 Å². The summed E-state index contributed by atoms with van der Waals surface area (Å²) in [6, 6.07) is 12.0. The monoisotopic (exact) mass is 300 g/mol. The summed E-state index contributed by atoms with van der Waals surface area (Å²) in [5.41, 5.74) is 8.87. The second-order valence-electron chi connectivity index (χ2n) is 5.05. The average Bonchev–Trinajstić information content (AvgIpc) is 2.43. The lowest BCUT2D eigenvalue weighted by Gasteiger charge is -2.10. The molecule has 0 aromatic heterocycles. The summed E-state index contributed by atoms with van der Waals surface area (Å²) in [6.07, 6.45) is 0. The number of nitriles is 1. The van der Waals surface area contributed by atoms with Crippen molar-refractivity contribution in [3.63, 3.8) is 0 Å². The van der Waals surface area contributed by atoms with Crippen molar-refractivity contribution in [3.8, 4) is 6.07 Å². The Bertz CT molecular complexity index is 834. The van der Waals surface area contributed by atoms with Crippen LogP contribution >= 0.6 is 0 Å². The Morgan fingerprint density at radius 1 is 1.14 bits per heavy atom. The number of hydrogen-bond acceptors (Lipinski definition) is 4. The Balaban J connectivity index is 2.43. The Morgan fingerprint density at radius 3 is 2.48 bits per heavy atom. The number of rotatable bonds is 3. The second kappa shape index (κ2) is 5.58. The van der Waals surface area contributed by atoms with Gasteiger partial charge in [-0.1, -0.05) is 12.1 Å². The SMILES string of the molecule is Cc1ccc(N)c(S(=O)(=O)Cc2ccc(C#N)cc2C)c1. The van der Waals surface area contributed by atoms with Crippen LogP contribution in [0.2, 0.25) is 0 Å². The van der Waals surface area contributed by atoms with Gasteiger partial charge in [0.05, 0.1) is 28.0 Å². The molecule has 0 bridgehead atoms. The van der Waals surface area contributed by atoms with Crippen LogP contribution in [0.1, 0.15) is 22.3 Å². The van der Waals surface area contributed by atoms with Gasteiger partial charge < -0.3 is 5.73 Å². The molecule has 0 aliphatic rings. The van der Waals surface area contributed by atoms with Crippen LogP contribution < -0.4 is 5.73 Å². The lowest BCUT2D eigenvalue weighted by Crippen LogP contribution is -2.09. The Morgan fingerprint density at radius 2 is 1.86 bits per heavy atom. The van der Waals surface area contributed by atoms with Crippen LogP contribution in [0.3, 0.4) is 0 Å². The third-order valence-electron chi connectivity index (χ3n) is 3.32. The van der Waals surface area contributed by atoms with Gasteiger partial charge >= 0.3 is 0 Å². The van der Waals surface area contributed by atoms with E-state index >= 15 is 0 Å². The molecule has 0 spiro atoms. The van der Waals surface area contributed by atoms with Crippen molar-refractivity contribution >= 4 is 15.5 Å². The topological polar surface area (TPSA) is 84.0 Å². The van der Waals surface area contributed by atoms with E-state index < -0.39 is 9.84 Å². The first-order valence-electron chi connectivity index (χ1n) is 6.42. The molecule has 2 aromatic rings. The molecule has 0 saturated heterocycles. The Hall–Kier alpha value is -2.32. The van der Waals surface area contributed by atoms with Gasteiger partial charge in [0, 0.05) is 0 Å². The molecular weight excluding hydrogens is 284 g/mol. The minimum absolute atomic E-state index is 0.127. The Kier molecular flexibility index (Phi) is 4.01. The minimum Gasteiger partial charge on any atom is -0.398 e. The third-order valence-corrected chi connectivity index (χ3v) is 5.04. The van der Waals surface area contributed by atoms with E-state index in [0.29, 0.717) is 11.1 Å². The number of benzene rings is 2. The lowest BCUT2D eigenvalue weighted by molar-refractivity contribution is 0.595. The zero-order valence-corrected chi connectivity index (χ0v) is 12.7. The third kappa shape index (κ3) is 3.23. The standard InChI is InChI=1S/C16H16N2O2S/c1-11-3-6-15(18)16(7-11)21(19,20)10-14-5-4-13(9-17)8-12(14)2/h3-8H,10,18H2,1-2H3. The number of sulfone groups is 1. The molecule has 108 valence electrons. The van der Waals surface area contributed by atoms with E-state index in [1.807, 2.05) is 13.0 Å². The predicted octanol–water partition coefficient (Wildman–Crippen LogP) is 2.73. The smallest absolute Gasteiger partial charge is 0.184 e. The fraction of sp³-hybridized carbons (Fsp3) is 0.188. The van der Waals surface area contributed by atoms with Gasteiger partial charge in [0.2, 0.25) is 0 Å².